The average molecular weight is 303 g/mol. The topological polar surface area (TPSA) is 12.0 Å². The summed E-state index contributed by atoms with van der Waals surface area (Å²) in [6.07, 6.45) is 1.04. The van der Waals surface area contributed by atoms with Gasteiger partial charge in [-0.3, -0.25) is 0 Å². The fourth-order valence-electron chi connectivity index (χ4n) is 2.28. The van der Waals surface area contributed by atoms with Gasteiger partial charge in [0.25, 0.3) is 0 Å². The minimum atomic E-state index is -0.135. The van der Waals surface area contributed by atoms with Crippen LogP contribution in [-0.2, 0) is 0 Å². The number of aryl methyl sites for hydroxylation is 1. The maximum Gasteiger partial charge on any atom is 0.129 e. The molecule has 112 valence electrons. The van der Waals surface area contributed by atoms with E-state index in [-0.39, 0.29) is 11.9 Å². The third kappa shape index (κ3) is 4.08. The van der Waals surface area contributed by atoms with Gasteiger partial charge in [0.2, 0.25) is 0 Å². The molecule has 2 rings (SSSR count). The van der Waals surface area contributed by atoms with Crippen molar-refractivity contribution in [3.63, 3.8) is 0 Å². The van der Waals surface area contributed by atoms with Gasteiger partial charge >= 0.3 is 0 Å². The molecule has 0 saturated carbocycles. The Kier molecular flexibility index (Phi) is 5.83. The van der Waals surface area contributed by atoms with Crippen LogP contribution in [0.1, 0.15) is 37.4 Å². The van der Waals surface area contributed by atoms with Gasteiger partial charge in [-0.25, -0.2) is 4.39 Å². The summed E-state index contributed by atoms with van der Waals surface area (Å²) in [5.74, 6) is -0.135. The first kappa shape index (κ1) is 16.1. The molecular weight excluding hydrogens is 281 g/mol. The Morgan fingerprint density at radius 2 is 1.81 bits per heavy atom. The molecule has 0 saturated heterocycles. The smallest absolute Gasteiger partial charge is 0.129 e. The molecule has 0 spiro atoms. The standard InChI is InChI=1S/C18H22FNS/c1-4-12-20-14(3)18-15(19)9-7-11-17(18)21-16-10-6-5-8-13(16)2/h5-11,14,20H,4,12H2,1-3H3. The molecule has 2 aromatic carbocycles. The fourth-order valence-corrected chi connectivity index (χ4v) is 3.42. The van der Waals surface area contributed by atoms with E-state index < -0.39 is 0 Å². The third-order valence-corrected chi connectivity index (χ3v) is 4.71. The van der Waals surface area contributed by atoms with Gasteiger partial charge in [-0.1, -0.05) is 43.0 Å². The lowest BCUT2D eigenvalue weighted by atomic mass is 10.1. The Labute approximate surface area is 131 Å². The van der Waals surface area contributed by atoms with Crippen LogP contribution in [0.3, 0.4) is 0 Å². The second-order valence-corrected chi connectivity index (χ2v) is 6.28. The van der Waals surface area contributed by atoms with Crippen molar-refractivity contribution in [2.75, 3.05) is 6.54 Å². The van der Waals surface area contributed by atoms with Crippen molar-refractivity contribution >= 4 is 11.8 Å². The van der Waals surface area contributed by atoms with E-state index in [2.05, 4.69) is 31.3 Å². The van der Waals surface area contributed by atoms with E-state index >= 15 is 0 Å². The van der Waals surface area contributed by atoms with Crippen molar-refractivity contribution in [2.24, 2.45) is 0 Å². The highest BCUT2D eigenvalue weighted by molar-refractivity contribution is 7.99. The van der Waals surface area contributed by atoms with E-state index in [1.54, 1.807) is 23.9 Å². The Hall–Kier alpha value is -1.32. The summed E-state index contributed by atoms with van der Waals surface area (Å²) in [6.45, 7) is 7.12. The number of nitrogens with one attached hydrogen (secondary N) is 1. The first-order valence-corrected chi connectivity index (χ1v) is 8.20. The normalized spacial score (nSPS) is 12.4. The summed E-state index contributed by atoms with van der Waals surface area (Å²) < 4.78 is 14.3. The minimum Gasteiger partial charge on any atom is -0.310 e. The number of hydrogen-bond acceptors (Lipinski definition) is 2. The zero-order valence-corrected chi connectivity index (χ0v) is 13.6. The molecule has 0 aliphatic rings. The van der Waals surface area contributed by atoms with Crippen LogP contribution in [-0.4, -0.2) is 6.54 Å². The lowest BCUT2D eigenvalue weighted by Gasteiger charge is -2.18. The summed E-state index contributed by atoms with van der Waals surface area (Å²) in [6, 6.07) is 13.5. The van der Waals surface area contributed by atoms with Crippen molar-refractivity contribution in [1.29, 1.82) is 0 Å². The summed E-state index contributed by atoms with van der Waals surface area (Å²) in [4.78, 5) is 2.16. The molecule has 0 aliphatic carbocycles. The number of hydrogen-bond donors (Lipinski definition) is 1. The first-order chi connectivity index (χ1) is 10.1. The highest BCUT2D eigenvalue weighted by atomic mass is 32.2. The molecule has 3 heteroatoms. The average Bonchev–Trinajstić information content (AvgIpc) is 2.47. The first-order valence-electron chi connectivity index (χ1n) is 7.38. The van der Waals surface area contributed by atoms with Crippen LogP contribution < -0.4 is 5.32 Å². The Bertz CT molecular complexity index is 598. The Morgan fingerprint density at radius 1 is 1.10 bits per heavy atom. The summed E-state index contributed by atoms with van der Waals surface area (Å²) in [7, 11) is 0. The molecule has 21 heavy (non-hydrogen) atoms. The van der Waals surface area contributed by atoms with E-state index in [4.69, 9.17) is 0 Å². The third-order valence-electron chi connectivity index (χ3n) is 3.46. The van der Waals surface area contributed by atoms with E-state index in [1.807, 2.05) is 25.1 Å². The van der Waals surface area contributed by atoms with Crippen molar-refractivity contribution in [1.82, 2.24) is 5.32 Å². The zero-order chi connectivity index (χ0) is 15.2. The predicted octanol–water partition coefficient (Wildman–Crippen LogP) is 5.35. The largest absolute Gasteiger partial charge is 0.310 e. The van der Waals surface area contributed by atoms with E-state index in [0.717, 1.165) is 23.4 Å². The molecule has 2 aromatic rings. The lowest BCUT2D eigenvalue weighted by Crippen LogP contribution is -2.21. The van der Waals surface area contributed by atoms with Crippen LogP contribution in [0.4, 0.5) is 4.39 Å². The van der Waals surface area contributed by atoms with Crippen LogP contribution in [0.5, 0.6) is 0 Å². The van der Waals surface area contributed by atoms with Gasteiger partial charge in [0.05, 0.1) is 0 Å². The summed E-state index contributed by atoms with van der Waals surface area (Å²) in [5, 5.41) is 3.38. The fraction of sp³-hybridized carbons (Fsp3) is 0.333. The zero-order valence-electron chi connectivity index (χ0n) is 12.8. The molecule has 1 unspecified atom stereocenters. The van der Waals surface area contributed by atoms with Crippen LogP contribution in [0.2, 0.25) is 0 Å². The van der Waals surface area contributed by atoms with E-state index in [1.165, 1.54) is 10.5 Å². The van der Waals surface area contributed by atoms with Crippen molar-refractivity contribution in [3.05, 3.63) is 59.4 Å². The predicted molar refractivity (Wildman–Crippen MR) is 88.4 cm³/mol. The molecule has 0 aromatic heterocycles. The minimum absolute atomic E-state index is 0.0117. The second kappa shape index (κ2) is 7.62. The van der Waals surface area contributed by atoms with Crippen LogP contribution in [0.25, 0.3) is 0 Å². The van der Waals surface area contributed by atoms with Gasteiger partial charge in [-0.05, 0) is 50.6 Å². The van der Waals surface area contributed by atoms with Gasteiger partial charge in [0.15, 0.2) is 0 Å². The van der Waals surface area contributed by atoms with Gasteiger partial charge in [-0.2, -0.15) is 0 Å². The molecule has 0 fully saturated rings. The molecule has 0 heterocycles. The maximum absolute atomic E-state index is 14.3. The monoisotopic (exact) mass is 303 g/mol. The Balaban J connectivity index is 2.31. The van der Waals surface area contributed by atoms with Gasteiger partial charge in [0.1, 0.15) is 5.82 Å². The molecule has 0 bridgehead atoms. The maximum atomic E-state index is 14.3. The summed E-state index contributed by atoms with van der Waals surface area (Å²) in [5.41, 5.74) is 1.98. The quantitative estimate of drug-likeness (QED) is 0.772. The Morgan fingerprint density at radius 3 is 2.52 bits per heavy atom. The van der Waals surface area contributed by atoms with E-state index in [0.29, 0.717) is 0 Å². The van der Waals surface area contributed by atoms with Crippen LogP contribution >= 0.6 is 11.8 Å². The van der Waals surface area contributed by atoms with Gasteiger partial charge < -0.3 is 5.32 Å². The molecule has 0 amide bonds. The van der Waals surface area contributed by atoms with E-state index in [9.17, 15) is 4.39 Å². The van der Waals surface area contributed by atoms with Crippen molar-refractivity contribution in [3.8, 4) is 0 Å². The van der Waals surface area contributed by atoms with Gasteiger partial charge in [0, 0.05) is 21.4 Å². The lowest BCUT2D eigenvalue weighted by molar-refractivity contribution is 0.519. The highest BCUT2D eigenvalue weighted by Gasteiger charge is 2.16. The van der Waals surface area contributed by atoms with Crippen molar-refractivity contribution < 1.29 is 4.39 Å². The highest BCUT2D eigenvalue weighted by Crippen LogP contribution is 2.36. The van der Waals surface area contributed by atoms with Crippen molar-refractivity contribution in [2.45, 2.75) is 43.0 Å². The molecule has 0 radical (unpaired) electrons. The number of benzene rings is 2. The van der Waals surface area contributed by atoms with Crippen LogP contribution in [0.15, 0.2) is 52.3 Å². The second-order valence-electron chi connectivity index (χ2n) is 5.20. The van der Waals surface area contributed by atoms with Gasteiger partial charge in [-0.15, -0.1) is 0 Å². The number of rotatable bonds is 6. The van der Waals surface area contributed by atoms with Crippen LogP contribution in [0, 0.1) is 12.7 Å². The molecule has 1 atom stereocenters. The SMILES string of the molecule is CCCNC(C)c1c(F)cccc1Sc1ccccc1C. The molecule has 0 aliphatic heterocycles. The molecule has 1 nitrogen and oxygen atoms in total. The number of halogens is 1. The molecular formula is C18H22FNS. The summed E-state index contributed by atoms with van der Waals surface area (Å²) >= 11 is 1.64. The molecule has 1 N–H and O–H groups in total.